The predicted molar refractivity (Wildman–Crippen MR) is 67.1 cm³/mol. The van der Waals surface area contributed by atoms with Gasteiger partial charge >= 0.3 is 5.97 Å². The first-order valence-corrected chi connectivity index (χ1v) is 6.79. The molecule has 0 radical (unpaired) electrons. The van der Waals surface area contributed by atoms with Crippen molar-refractivity contribution in [3.8, 4) is 0 Å². The molecule has 98 valence electrons. The molecule has 0 saturated carbocycles. The van der Waals surface area contributed by atoms with Crippen molar-refractivity contribution >= 4 is 5.97 Å². The van der Waals surface area contributed by atoms with E-state index in [9.17, 15) is 9.90 Å². The number of aliphatic carboxylic acids is 1. The van der Waals surface area contributed by atoms with Gasteiger partial charge in [0.15, 0.2) is 0 Å². The minimum Gasteiger partial charge on any atom is -0.480 e. The van der Waals surface area contributed by atoms with Crippen LogP contribution in [-0.4, -0.2) is 48.2 Å². The Morgan fingerprint density at radius 1 is 1.47 bits per heavy atom. The zero-order valence-electron chi connectivity index (χ0n) is 10.7. The number of nitrogens with zero attached hydrogens (tertiary/aromatic N) is 1. The first kappa shape index (κ1) is 12.8. The minimum atomic E-state index is -0.648. The summed E-state index contributed by atoms with van der Waals surface area (Å²) in [5.41, 5.74) is -0.638. The molecule has 2 atom stereocenters. The van der Waals surface area contributed by atoms with Gasteiger partial charge < -0.3 is 15.3 Å². The zero-order valence-corrected chi connectivity index (χ0v) is 10.7. The van der Waals surface area contributed by atoms with Gasteiger partial charge in [0.05, 0.1) is 0 Å². The molecule has 2 fully saturated rings. The maximum absolute atomic E-state index is 11.6. The van der Waals surface area contributed by atoms with Crippen molar-refractivity contribution in [2.24, 2.45) is 5.92 Å². The lowest BCUT2D eigenvalue weighted by Crippen LogP contribution is -2.56. The van der Waals surface area contributed by atoms with E-state index in [0.29, 0.717) is 5.92 Å². The topological polar surface area (TPSA) is 52.6 Å². The van der Waals surface area contributed by atoms with Gasteiger partial charge in [-0.05, 0) is 64.6 Å². The van der Waals surface area contributed by atoms with Gasteiger partial charge in [0, 0.05) is 6.54 Å². The summed E-state index contributed by atoms with van der Waals surface area (Å²) in [5.74, 6) is -0.110. The van der Waals surface area contributed by atoms with Crippen molar-refractivity contribution in [2.75, 3.05) is 26.7 Å². The summed E-state index contributed by atoms with van der Waals surface area (Å²) in [6.45, 7) is 3.07. The molecule has 2 unspecified atom stereocenters. The maximum Gasteiger partial charge on any atom is 0.323 e. The lowest BCUT2D eigenvalue weighted by molar-refractivity contribution is -0.147. The lowest BCUT2D eigenvalue weighted by Gasteiger charge is -2.39. The van der Waals surface area contributed by atoms with Gasteiger partial charge in [0.25, 0.3) is 0 Å². The van der Waals surface area contributed by atoms with E-state index in [2.05, 4.69) is 17.3 Å². The second-order valence-electron chi connectivity index (χ2n) is 5.75. The second kappa shape index (κ2) is 5.36. The predicted octanol–water partition coefficient (Wildman–Crippen LogP) is 1.32. The Kier molecular flexibility index (Phi) is 4.05. The summed E-state index contributed by atoms with van der Waals surface area (Å²) in [7, 11) is 2.13. The van der Waals surface area contributed by atoms with Crippen LogP contribution in [0.2, 0.25) is 0 Å². The minimum absolute atomic E-state index is 0.537. The Hall–Kier alpha value is -0.610. The Morgan fingerprint density at radius 2 is 2.29 bits per heavy atom. The smallest absolute Gasteiger partial charge is 0.323 e. The van der Waals surface area contributed by atoms with E-state index in [0.717, 1.165) is 45.3 Å². The van der Waals surface area contributed by atoms with Gasteiger partial charge in [0.1, 0.15) is 5.54 Å². The Morgan fingerprint density at radius 3 is 2.88 bits per heavy atom. The molecule has 4 heteroatoms. The SMILES string of the molecule is CN1CCCC(CC2(C(=O)O)CCCCN2)C1. The molecule has 0 spiro atoms. The third kappa shape index (κ3) is 2.99. The fraction of sp³-hybridized carbons (Fsp3) is 0.923. The molecule has 2 heterocycles. The van der Waals surface area contributed by atoms with Gasteiger partial charge in [-0.15, -0.1) is 0 Å². The van der Waals surface area contributed by atoms with E-state index in [1.807, 2.05) is 0 Å². The highest BCUT2D eigenvalue weighted by Gasteiger charge is 2.41. The highest BCUT2D eigenvalue weighted by atomic mass is 16.4. The summed E-state index contributed by atoms with van der Waals surface area (Å²) in [6.07, 6.45) is 6.13. The van der Waals surface area contributed by atoms with E-state index in [1.54, 1.807) is 0 Å². The van der Waals surface area contributed by atoms with Crippen LogP contribution >= 0.6 is 0 Å². The van der Waals surface area contributed by atoms with Crippen molar-refractivity contribution in [3.63, 3.8) is 0 Å². The molecule has 2 N–H and O–H groups in total. The van der Waals surface area contributed by atoms with E-state index in [-0.39, 0.29) is 0 Å². The number of carbonyl (C=O) groups is 1. The third-order valence-electron chi connectivity index (χ3n) is 4.26. The fourth-order valence-electron chi connectivity index (χ4n) is 3.34. The van der Waals surface area contributed by atoms with Gasteiger partial charge in [-0.25, -0.2) is 0 Å². The summed E-state index contributed by atoms with van der Waals surface area (Å²) < 4.78 is 0. The number of likely N-dealkylation sites (tertiary alicyclic amines) is 1. The van der Waals surface area contributed by atoms with E-state index in [4.69, 9.17) is 0 Å². The summed E-state index contributed by atoms with van der Waals surface area (Å²) >= 11 is 0. The van der Waals surface area contributed by atoms with Crippen LogP contribution < -0.4 is 5.32 Å². The highest BCUT2D eigenvalue weighted by molar-refractivity contribution is 5.79. The van der Waals surface area contributed by atoms with Crippen LogP contribution in [0, 0.1) is 5.92 Å². The molecule has 0 aromatic rings. The standard InChI is InChI=1S/C13H24N2O2/c1-15-8-4-5-11(10-15)9-13(12(16)17)6-2-3-7-14-13/h11,14H,2-10H2,1H3,(H,16,17). The Balaban J connectivity index is 1.99. The molecule has 0 amide bonds. The Labute approximate surface area is 103 Å². The van der Waals surface area contributed by atoms with Crippen molar-refractivity contribution < 1.29 is 9.90 Å². The monoisotopic (exact) mass is 240 g/mol. The number of piperidine rings is 2. The summed E-state index contributed by atoms with van der Waals surface area (Å²) in [4.78, 5) is 13.9. The molecule has 0 aliphatic carbocycles. The third-order valence-corrected chi connectivity index (χ3v) is 4.26. The largest absolute Gasteiger partial charge is 0.480 e. The average molecular weight is 240 g/mol. The zero-order chi connectivity index (χ0) is 12.3. The molecule has 17 heavy (non-hydrogen) atoms. The molecule has 4 nitrogen and oxygen atoms in total. The average Bonchev–Trinajstić information content (AvgIpc) is 2.30. The van der Waals surface area contributed by atoms with Crippen LogP contribution in [0.5, 0.6) is 0 Å². The number of hydrogen-bond donors (Lipinski definition) is 2. The van der Waals surface area contributed by atoms with Crippen LogP contribution in [0.15, 0.2) is 0 Å². The summed E-state index contributed by atoms with van der Waals surface area (Å²) in [5, 5.41) is 12.8. The summed E-state index contributed by atoms with van der Waals surface area (Å²) in [6, 6.07) is 0. The molecule has 2 saturated heterocycles. The maximum atomic E-state index is 11.6. The highest BCUT2D eigenvalue weighted by Crippen LogP contribution is 2.30. The molecule has 2 rings (SSSR count). The van der Waals surface area contributed by atoms with Gasteiger partial charge in [-0.1, -0.05) is 0 Å². The van der Waals surface area contributed by atoms with Crippen LogP contribution in [0.3, 0.4) is 0 Å². The number of nitrogens with one attached hydrogen (secondary N) is 1. The molecule has 0 bridgehead atoms. The van der Waals surface area contributed by atoms with Crippen molar-refractivity contribution in [1.82, 2.24) is 10.2 Å². The van der Waals surface area contributed by atoms with Gasteiger partial charge in [0.2, 0.25) is 0 Å². The van der Waals surface area contributed by atoms with Gasteiger partial charge in [-0.3, -0.25) is 4.79 Å². The van der Waals surface area contributed by atoms with Crippen molar-refractivity contribution in [2.45, 2.75) is 44.1 Å². The number of carboxylic acids is 1. The van der Waals surface area contributed by atoms with Gasteiger partial charge in [-0.2, -0.15) is 0 Å². The number of hydrogen-bond acceptors (Lipinski definition) is 3. The first-order chi connectivity index (χ1) is 8.12. The normalized spacial score (nSPS) is 35.7. The Bertz CT molecular complexity index is 275. The van der Waals surface area contributed by atoms with E-state index >= 15 is 0 Å². The second-order valence-corrected chi connectivity index (χ2v) is 5.75. The van der Waals surface area contributed by atoms with Crippen LogP contribution in [0.4, 0.5) is 0 Å². The number of carboxylic acid groups (broad SMARTS) is 1. The molecule has 0 aromatic heterocycles. The van der Waals surface area contributed by atoms with Crippen LogP contribution in [0.25, 0.3) is 0 Å². The molecule has 2 aliphatic heterocycles. The van der Waals surface area contributed by atoms with Crippen molar-refractivity contribution in [1.29, 1.82) is 0 Å². The van der Waals surface area contributed by atoms with Crippen LogP contribution in [0.1, 0.15) is 38.5 Å². The molecular weight excluding hydrogens is 216 g/mol. The first-order valence-electron chi connectivity index (χ1n) is 6.79. The fourth-order valence-corrected chi connectivity index (χ4v) is 3.34. The van der Waals surface area contributed by atoms with E-state index < -0.39 is 11.5 Å². The molecule has 0 aromatic carbocycles. The molecule has 2 aliphatic rings. The van der Waals surface area contributed by atoms with E-state index in [1.165, 1.54) is 12.8 Å². The number of rotatable bonds is 3. The lowest BCUT2D eigenvalue weighted by atomic mass is 9.78. The quantitative estimate of drug-likeness (QED) is 0.781. The van der Waals surface area contributed by atoms with Crippen LogP contribution in [-0.2, 0) is 4.79 Å². The van der Waals surface area contributed by atoms with Crippen molar-refractivity contribution in [3.05, 3.63) is 0 Å². The molecular formula is C13H24N2O2.